The van der Waals surface area contributed by atoms with Crippen molar-refractivity contribution >= 4 is 10.0 Å². The third kappa shape index (κ3) is 3.60. The molecule has 2 aromatic carbocycles. The number of nitrogens with zero attached hydrogens (tertiary/aromatic N) is 1. The normalized spacial score (nSPS) is 12.2. The minimum Gasteiger partial charge on any atom is -0.496 e. The number of aryl methyl sites for hydroxylation is 1. The molecule has 0 atom stereocenters. The Hall–Kier alpha value is -2.85. The molecule has 0 bridgehead atoms. The van der Waals surface area contributed by atoms with Crippen molar-refractivity contribution in [2.24, 2.45) is 5.14 Å². The summed E-state index contributed by atoms with van der Waals surface area (Å²) in [5.74, 6) is 0.507. The number of sulfonamides is 1. The maximum absolute atomic E-state index is 13.6. The first-order valence-electron chi connectivity index (χ1n) is 7.97. The van der Waals surface area contributed by atoms with Crippen LogP contribution in [0.15, 0.2) is 47.4 Å². The fourth-order valence-electron chi connectivity index (χ4n) is 2.97. The molecule has 28 heavy (non-hydrogen) atoms. The third-order valence-corrected chi connectivity index (χ3v) is 5.15. The van der Waals surface area contributed by atoms with Gasteiger partial charge in [0.25, 0.3) is 0 Å². The maximum atomic E-state index is 13.6. The summed E-state index contributed by atoms with van der Waals surface area (Å²) in [6.07, 6.45) is -4.73. The van der Waals surface area contributed by atoms with Gasteiger partial charge in [-0.15, -0.1) is 0 Å². The van der Waals surface area contributed by atoms with E-state index in [0.717, 1.165) is 0 Å². The highest BCUT2D eigenvalue weighted by molar-refractivity contribution is 7.89. The van der Waals surface area contributed by atoms with Gasteiger partial charge in [-0.05, 0) is 36.2 Å². The first kappa shape index (κ1) is 19.9. The van der Waals surface area contributed by atoms with Crippen LogP contribution >= 0.6 is 0 Å². The maximum Gasteiger partial charge on any atom is 0.433 e. The van der Waals surface area contributed by atoms with E-state index < -0.39 is 21.9 Å². The fraction of sp³-hybridized carbons (Fsp3) is 0.167. The minimum absolute atomic E-state index is 0.0276. The van der Waals surface area contributed by atoms with Crippen LogP contribution in [-0.2, 0) is 16.2 Å². The molecule has 0 saturated carbocycles. The SMILES string of the molecule is COc1ccc(-c2c(-c3ccccc3S(N)(=O)=O)n[nH]c2C(F)(F)F)cc1C. The lowest BCUT2D eigenvalue weighted by molar-refractivity contribution is -0.140. The molecule has 3 rings (SSSR count). The second-order valence-corrected chi connectivity index (χ2v) is 7.58. The molecule has 0 fully saturated rings. The van der Waals surface area contributed by atoms with Crippen LogP contribution in [0.25, 0.3) is 22.4 Å². The monoisotopic (exact) mass is 411 g/mol. The lowest BCUT2D eigenvalue weighted by atomic mass is 9.97. The Bertz CT molecular complexity index is 1140. The number of aromatic nitrogens is 2. The quantitative estimate of drug-likeness (QED) is 0.684. The van der Waals surface area contributed by atoms with E-state index in [0.29, 0.717) is 11.3 Å². The van der Waals surface area contributed by atoms with Gasteiger partial charge in [0.2, 0.25) is 10.0 Å². The molecule has 0 aliphatic carbocycles. The summed E-state index contributed by atoms with van der Waals surface area (Å²) in [5, 5.41) is 11.0. The average molecular weight is 411 g/mol. The van der Waals surface area contributed by atoms with Crippen LogP contribution in [0.4, 0.5) is 13.2 Å². The lowest BCUT2D eigenvalue weighted by Crippen LogP contribution is -2.13. The number of halogens is 3. The number of methoxy groups -OCH3 is 1. The van der Waals surface area contributed by atoms with Gasteiger partial charge in [0, 0.05) is 11.1 Å². The van der Waals surface area contributed by atoms with Crippen molar-refractivity contribution in [2.75, 3.05) is 7.11 Å². The number of benzene rings is 2. The molecule has 3 aromatic rings. The molecular formula is C18H16F3N3O3S. The van der Waals surface area contributed by atoms with E-state index in [9.17, 15) is 21.6 Å². The van der Waals surface area contributed by atoms with E-state index in [1.54, 1.807) is 6.92 Å². The Morgan fingerprint density at radius 1 is 1.14 bits per heavy atom. The van der Waals surface area contributed by atoms with Gasteiger partial charge in [0.15, 0.2) is 0 Å². The molecule has 0 radical (unpaired) electrons. The molecule has 0 aliphatic rings. The van der Waals surface area contributed by atoms with E-state index in [1.165, 1.54) is 49.6 Å². The number of hydrogen-bond acceptors (Lipinski definition) is 4. The van der Waals surface area contributed by atoms with Gasteiger partial charge in [-0.25, -0.2) is 13.6 Å². The van der Waals surface area contributed by atoms with Crippen molar-refractivity contribution in [3.8, 4) is 28.1 Å². The highest BCUT2D eigenvalue weighted by atomic mass is 32.2. The molecule has 0 amide bonds. The van der Waals surface area contributed by atoms with E-state index in [2.05, 4.69) is 5.10 Å². The van der Waals surface area contributed by atoms with Crippen molar-refractivity contribution in [3.63, 3.8) is 0 Å². The number of primary sulfonamides is 1. The zero-order valence-corrected chi connectivity index (χ0v) is 15.6. The Labute approximate surface area is 159 Å². The van der Waals surface area contributed by atoms with Crippen LogP contribution in [0.2, 0.25) is 0 Å². The molecule has 3 N–H and O–H groups in total. The molecule has 0 unspecified atom stereocenters. The first-order valence-corrected chi connectivity index (χ1v) is 9.51. The topological polar surface area (TPSA) is 98.1 Å². The van der Waals surface area contributed by atoms with E-state index >= 15 is 0 Å². The first-order chi connectivity index (χ1) is 13.0. The average Bonchev–Trinajstić information content (AvgIpc) is 3.06. The molecule has 148 valence electrons. The van der Waals surface area contributed by atoms with E-state index in [1.807, 2.05) is 5.10 Å². The van der Waals surface area contributed by atoms with Gasteiger partial charge in [-0.2, -0.15) is 18.3 Å². The number of nitrogens with one attached hydrogen (secondary N) is 1. The molecule has 6 nitrogen and oxygen atoms in total. The Morgan fingerprint density at radius 3 is 2.39 bits per heavy atom. The molecule has 1 heterocycles. The summed E-state index contributed by atoms with van der Waals surface area (Å²) in [6, 6.07) is 10.0. The summed E-state index contributed by atoms with van der Waals surface area (Å²) in [5.41, 5.74) is -0.731. The van der Waals surface area contributed by atoms with Crippen LogP contribution in [0.3, 0.4) is 0 Å². The second kappa shape index (κ2) is 6.95. The van der Waals surface area contributed by atoms with Crippen LogP contribution in [0.5, 0.6) is 5.75 Å². The molecular weight excluding hydrogens is 395 g/mol. The van der Waals surface area contributed by atoms with Crippen LogP contribution in [0.1, 0.15) is 11.3 Å². The Morgan fingerprint density at radius 2 is 1.82 bits per heavy atom. The number of rotatable bonds is 4. The van der Waals surface area contributed by atoms with Gasteiger partial charge in [0.05, 0.1) is 12.0 Å². The zero-order chi connectivity index (χ0) is 20.7. The van der Waals surface area contributed by atoms with Gasteiger partial charge in [-0.1, -0.05) is 24.3 Å². The molecule has 0 saturated heterocycles. The van der Waals surface area contributed by atoms with Gasteiger partial charge in [0.1, 0.15) is 17.1 Å². The lowest BCUT2D eigenvalue weighted by Gasteiger charge is -2.13. The van der Waals surface area contributed by atoms with Crippen molar-refractivity contribution in [1.82, 2.24) is 10.2 Å². The summed E-state index contributed by atoms with van der Waals surface area (Å²) < 4.78 is 69.8. The van der Waals surface area contributed by atoms with Gasteiger partial charge in [-0.3, -0.25) is 5.10 Å². The smallest absolute Gasteiger partial charge is 0.433 e. The molecule has 0 aliphatic heterocycles. The van der Waals surface area contributed by atoms with Crippen molar-refractivity contribution in [2.45, 2.75) is 18.0 Å². The fourth-order valence-corrected chi connectivity index (χ4v) is 3.71. The predicted octanol–water partition coefficient (Wildman–Crippen LogP) is 3.73. The summed E-state index contributed by atoms with van der Waals surface area (Å²) in [7, 11) is -2.73. The summed E-state index contributed by atoms with van der Waals surface area (Å²) >= 11 is 0. The number of H-pyrrole nitrogens is 1. The number of alkyl halides is 3. The standard InChI is InChI=1S/C18H16F3N3O3S/c1-10-9-11(7-8-13(10)27-2)15-16(23-24-17(15)18(19,20)21)12-5-3-4-6-14(12)28(22,25)26/h3-9H,1-2H3,(H,23,24)(H2,22,25,26). The highest BCUT2D eigenvalue weighted by Gasteiger charge is 2.38. The predicted molar refractivity (Wildman–Crippen MR) is 97.1 cm³/mol. The number of hydrogen-bond donors (Lipinski definition) is 2. The zero-order valence-electron chi connectivity index (χ0n) is 14.8. The van der Waals surface area contributed by atoms with E-state index in [-0.39, 0.29) is 27.3 Å². The molecule has 10 heteroatoms. The molecule has 0 spiro atoms. The van der Waals surface area contributed by atoms with Crippen LogP contribution in [-0.4, -0.2) is 25.7 Å². The largest absolute Gasteiger partial charge is 0.496 e. The van der Waals surface area contributed by atoms with Crippen LogP contribution in [0, 0.1) is 6.92 Å². The number of aromatic amines is 1. The van der Waals surface area contributed by atoms with Crippen molar-refractivity contribution in [3.05, 3.63) is 53.7 Å². The second-order valence-electron chi connectivity index (χ2n) is 6.05. The van der Waals surface area contributed by atoms with E-state index in [4.69, 9.17) is 9.88 Å². The summed E-state index contributed by atoms with van der Waals surface area (Å²) in [6.45, 7) is 1.69. The number of nitrogens with two attached hydrogens (primary N) is 1. The Kier molecular flexibility index (Phi) is 4.94. The van der Waals surface area contributed by atoms with Gasteiger partial charge < -0.3 is 4.74 Å². The third-order valence-electron chi connectivity index (χ3n) is 4.18. The van der Waals surface area contributed by atoms with Crippen molar-refractivity contribution in [1.29, 1.82) is 0 Å². The number of ether oxygens (including phenoxy) is 1. The van der Waals surface area contributed by atoms with Crippen molar-refractivity contribution < 1.29 is 26.3 Å². The minimum atomic E-state index is -4.73. The highest BCUT2D eigenvalue weighted by Crippen LogP contribution is 2.43. The summed E-state index contributed by atoms with van der Waals surface area (Å²) in [4.78, 5) is -0.318. The van der Waals surface area contributed by atoms with Gasteiger partial charge >= 0.3 is 6.18 Å². The van der Waals surface area contributed by atoms with Crippen LogP contribution < -0.4 is 9.88 Å². The Balaban J connectivity index is 2.35. The molecule has 1 aromatic heterocycles.